The minimum Gasteiger partial charge on any atom is -0.462 e. The van der Waals surface area contributed by atoms with Gasteiger partial charge in [-0.2, -0.15) is 18.3 Å². The molecule has 0 aromatic heterocycles. The van der Waals surface area contributed by atoms with Gasteiger partial charge in [-0.15, -0.1) is 0 Å². The molecule has 0 bridgehead atoms. The molecule has 4 aliphatic carbocycles. The molecule has 0 unspecified atom stereocenters. The number of nitrogens with zero attached hydrogens (tertiary/aromatic N) is 2. The van der Waals surface area contributed by atoms with Crippen molar-refractivity contribution in [3.8, 4) is 0 Å². The van der Waals surface area contributed by atoms with Crippen LogP contribution in [-0.4, -0.2) is 35.8 Å². The van der Waals surface area contributed by atoms with Crippen molar-refractivity contribution < 1.29 is 27.5 Å². The van der Waals surface area contributed by atoms with Gasteiger partial charge in [0, 0.05) is 30.5 Å². The standard InChI is InChI=1S/C31H37F3N2O3/c1-17-27-26(35-36(17)21-8-5-19(6-9-21)28(38)31(32,33)34)16-25-23-10-7-20-15-22(39-18(2)37)11-13-29(20,3)24(23)12-14-30(25,27)4/h5-9,17,22-25,27H,10-16H2,1-4H3/t17-,22-,23+,24-,25-,27-,29-,30-/m0/s1. The van der Waals surface area contributed by atoms with E-state index in [1.165, 1.54) is 36.8 Å². The number of rotatable bonds is 3. The van der Waals surface area contributed by atoms with Gasteiger partial charge in [0.25, 0.3) is 5.78 Å². The molecule has 0 N–H and O–H groups in total. The summed E-state index contributed by atoms with van der Waals surface area (Å²) in [6.45, 7) is 8.54. The third-order valence-corrected chi connectivity index (χ3v) is 11.1. The van der Waals surface area contributed by atoms with Crippen LogP contribution in [0.2, 0.25) is 0 Å². The fourth-order valence-corrected chi connectivity index (χ4v) is 9.34. The first-order valence-electron chi connectivity index (χ1n) is 14.3. The highest BCUT2D eigenvalue weighted by molar-refractivity contribution is 6.00. The van der Waals surface area contributed by atoms with Crippen molar-refractivity contribution in [2.24, 2.45) is 39.6 Å². The summed E-state index contributed by atoms with van der Waals surface area (Å²) in [5.74, 6) is 0.0633. The lowest BCUT2D eigenvalue weighted by atomic mass is 9.47. The van der Waals surface area contributed by atoms with Gasteiger partial charge in [0.2, 0.25) is 0 Å². The molecule has 8 heteroatoms. The van der Waals surface area contributed by atoms with Gasteiger partial charge < -0.3 is 4.74 Å². The van der Waals surface area contributed by atoms with E-state index >= 15 is 0 Å². The number of ether oxygens (including phenoxy) is 1. The number of Topliss-reactive ketones (excluding diaryl/α,β-unsaturated/α-hetero) is 1. The Morgan fingerprint density at radius 1 is 1.05 bits per heavy atom. The molecule has 6 rings (SSSR count). The fourth-order valence-electron chi connectivity index (χ4n) is 9.34. The van der Waals surface area contributed by atoms with Crippen LogP contribution in [0.3, 0.4) is 0 Å². The van der Waals surface area contributed by atoms with E-state index in [4.69, 9.17) is 9.84 Å². The van der Waals surface area contributed by atoms with Crippen LogP contribution >= 0.6 is 0 Å². The Morgan fingerprint density at radius 3 is 2.44 bits per heavy atom. The van der Waals surface area contributed by atoms with E-state index in [1.54, 1.807) is 12.1 Å². The molecule has 0 radical (unpaired) electrons. The number of hydrazone groups is 1. The molecule has 1 heterocycles. The van der Waals surface area contributed by atoms with Crippen molar-refractivity contribution in [2.75, 3.05) is 5.01 Å². The van der Waals surface area contributed by atoms with Crippen molar-refractivity contribution in [1.82, 2.24) is 0 Å². The van der Waals surface area contributed by atoms with E-state index in [0.717, 1.165) is 44.2 Å². The van der Waals surface area contributed by atoms with Crippen LogP contribution in [0, 0.1) is 34.5 Å². The van der Waals surface area contributed by atoms with Crippen LogP contribution in [-0.2, 0) is 9.53 Å². The third-order valence-electron chi connectivity index (χ3n) is 11.1. The Balaban J connectivity index is 1.23. The molecule has 5 nitrogen and oxygen atoms in total. The van der Waals surface area contributed by atoms with E-state index in [9.17, 15) is 22.8 Å². The summed E-state index contributed by atoms with van der Waals surface area (Å²) in [5.41, 5.74) is 3.35. The second-order valence-electron chi connectivity index (χ2n) is 13.0. The zero-order chi connectivity index (χ0) is 27.9. The lowest BCUT2D eigenvalue weighted by molar-refractivity contribution is -0.148. The van der Waals surface area contributed by atoms with E-state index in [1.807, 2.05) is 5.01 Å². The molecule has 1 aromatic rings. The van der Waals surface area contributed by atoms with Crippen molar-refractivity contribution in [3.63, 3.8) is 0 Å². The molecule has 0 amide bonds. The van der Waals surface area contributed by atoms with Gasteiger partial charge in [0.05, 0.1) is 11.7 Å². The van der Waals surface area contributed by atoms with E-state index in [0.29, 0.717) is 23.7 Å². The summed E-state index contributed by atoms with van der Waals surface area (Å²) >= 11 is 0. The predicted octanol–water partition coefficient (Wildman–Crippen LogP) is 7.12. The van der Waals surface area contributed by atoms with Gasteiger partial charge in [0.15, 0.2) is 0 Å². The molecule has 0 saturated heterocycles. The van der Waals surface area contributed by atoms with E-state index < -0.39 is 12.0 Å². The molecule has 0 spiro atoms. The maximum Gasteiger partial charge on any atom is 0.454 e. The van der Waals surface area contributed by atoms with Gasteiger partial charge >= 0.3 is 12.1 Å². The summed E-state index contributed by atoms with van der Waals surface area (Å²) in [6, 6.07) is 5.77. The average molecular weight is 543 g/mol. The molecule has 1 aromatic carbocycles. The number of carbonyl (C=O) groups is 2. The highest BCUT2D eigenvalue weighted by Gasteiger charge is 2.63. The monoisotopic (exact) mass is 542 g/mol. The van der Waals surface area contributed by atoms with Crippen LogP contribution in [0.15, 0.2) is 41.0 Å². The van der Waals surface area contributed by atoms with Gasteiger partial charge in [-0.1, -0.05) is 25.5 Å². The van der Waals surface area contributed by atoms with Gasteiger partial charge in [-0.25, -0.2) is 0 Å². The molecule has 1 aliphatic heterocycles. The Morgan fingerprint density at radius 2 is 1.77 bits per heavy atom. The molecule has 8 atom stereocenters. The molecular formula is C31H37F3N2O3. The summed E-state index contributed by atoms with van der Waals surface area (Å²) < 4.78 is 44.1. The van der Waals surface area contributed by atoms with Gasteiger partial charge in [0.1, 0.15) is 6.10 Å². The number of halogens is 3. The van der Waals surface area contributed by atoms with Crippen molar-refractivity contribution in [3.05, 3.63) is 41.5 Å². The number of fused-ring (bicyclic) bond motifs is 7. The summed E-state index contributed by atoms with van der Waals surface area (Å²) in [6.07, 6.45) is 4.75. The Labute approximate surface area is 227 Å². The van der Waals surface area contributed by atoms with Gasteiger partial charge in [-0.05, 0) is 98.3 Å². The number of hydrogen-bond donors (Lipinski definition) is 0. The Kier molecular flexibility index (Phi) is 6.09. The highest BCUT2D eigenvalue weighted by Crippen LogP contribution is 2.67. The fraction of sp³-hybridized carbons (Fsp3) is 0.645. The number of allylic oxidation sites excluding steroid dienone is 1. The van der Waals surface area contributed by atoms with Crippen molar-refractivity contribution in [2.45, 2.75) is 91.0 Å². The molecule has 210 valence electrons. The zero-order valence-corrected chi connectivity index (χ0v) is 23.1. The summed E-state index contributed by atoms with van der Waals surface area (Å²) in [4.78, 5) is 23.2. The summed E-state index contributed by atoms with van der Waals surface area (Å²) in [5, 5.41) is 7.00. The van der Waals surface area contributed by atoms with Crippen LogP contribution in [0.25, 0.3) is 0 Å². The predicted molar refractivity (Wildman–Crippen MR) is 142 cm³/mol. The molecule has 3 fully saturated rings. The number of hydrogen-bond acceptors (Lipinski definition) is 5. The first-order valence-corrected chi connectivity index (χ1v) is 14.3. The number of benzene rings is 1. The summed E-state index contributed by atoms with van der Waals surface area (Å²) in [7, 11) is 0. The maximum atomic E-state index is 12.8. The first kappa shape index (κ1) is 26.6. The van der Waals surface area contributed by atoms with Gasteiger partial charge in [-0.3, -0.25) is 14.6 Å². The minimum absolute atomic E-state index is 0.0000875. The number of esters is 1. The van der Waals surface area contributed by atoms with Crippen LogP contribution in [0.4, 0.5) is 18.9 Å². The van der Waals surface area contributed by atoms with Crippen LogP contribution < -0.4 is 5.01 Å². The number of alkyl halides is 3. The Hall–Kier alpha value is -2.64. The van der Waals surface area contributed by atoms with Crippen LogP contribution in [0.5, 0.6) is 0 Å². The SMILES string of the molecule is CC(=O)O[C@H]1CC[C@@]2(C)C(=CC[C@H]3[C@@H]4CC5=NN(c6ccc(C(=O)C(F)(F)F)cc6)[C@@H](C)[C@@H]5[C@@]4(C)CC[C@@H]32)C1. The number of anilines is 1. The molecule has 5 aliphatic rings. The largest absolute Gasteiger partial charge is 0.462 e. The number of ketones is 1. The first-order chi connectivity index (χ1) is 18.3. The average Bonchev–Trinajstić information content (AvgIpc) is 3.36. The quantitative estimate of drug-likeness (QED) is 0.232. The van der Waals surface area contributed by atoms with E-state index in [-0.39, 0.29) is 34.5 Å². The minimum atomic E-state index is -4.88. The number of carbonyl (C=O) groups excluding carboxylic acids is 2. The van der Waals surface area contributed by atoms with E-state index in [2.05, 4.69) is 26.8 Å². The lowest BCUT2D eigenvalue weighted by Gasteiger charge is -2.58. The Bertz CT molecular complexity index is 1250. The third kappa shape index (κ3) is 4.07. The zero-order valence-electron chi connectivity index (χ0n) is 23.1. The molecule has 39 heavy (non-hydrogen) atoms. The lowest BCUT2D eigenvalue weighted by Crippen LogP contribution is -2.52. The normalized spacial score (nSPS) is 39.1. The second kappa shape index (κ2) is 8.93. The van der Waals surface area contributed by atoms with Crippen molar-refractivity contribution in [1.29, 1.82) is 0 Å². The topological polar surface area (TPSA) is 59.0 Å². The van der Waals surface area contributed by atoms with Crippen molar-refractivity contribution >= 4 is 23.2 Å². The second-order valence-corrected chi connectivity index (χ2v) is 13.0. The molecule has 3 saturated carbocycles. The highest BCUT2D eigenvalue weighted by atomic mass is 19.4. The van der Waals surface area contributed by atoms with Crippen LogP contribution in [0.1, 0.15) is 83.0 Å². The molecular weight excluding hydrogens is 505 g/mol. The maximum absolute atomic E-state index is 12.8. The smallest absolute Gasteiger partial charge is 0.454 e.